The number of hydrogen-bond acceptors (Lipinski definition) is 5. The molecule has 6 nitrogen and oxygen atoms in total. The molecule has 0 radical (unpaired) electrons. The van der Waals surface area contributed by atoms with Crippen molar-refractivity contribution in [2.75, 3.05) is 26.0 Å². The first-order valence-corrected chi connectivity index (χ1v) is 10.9. The lowest BCUT2D eigenvalue weighted by Gasteiger charge is -2.23. The molecule has 0 spiro atoms. The van der Waals surface area contributed by atoms with Crippen LogP contribution in [0.15, 0.2) is 11.4 Å². The molecule has 2 aliphatic rings. The van der Waals surface area contributed by atoms with E-state index in [9.17, 15) is 8.42 Å². The van der Waals surface area contributed by atoms with E-state index in [1.165, 1.54) is 19.1 Å². The average Bonchev–Trinajstić information content (AvgIpc) is 3.01. The normalized spacial score (nSPS) is 21.7. The molecule has 1 aliphatic carbocycles. The van der Waals surface area contributed by atoms with E-state index in [-0.39, 0.29) is 11.3 Å². The van der Waals surface area contributed by atoms with Gasteiger partial charge in [-0.3, -0.25) is 4.90 Å². The molecule has 1 atom stereocenters. The third kappa shape index (κ3) is 4.58. The van der Waals surface area contributed by atoms with Gasteiger partial charge in [0.05, 0.1) is 24.5 Å². The van der Waals surface area contributed by atoms with Crippen LogP contribution in [0.4, 0.5) is 0 Å². The van der Waals surface area contributed by atoms with Gasteiger partial charge in [0.25, 0.3) is 0 Å². The molecule has 2 fully saturated rings. The van der Waals surface area contributed by atoms with Gasteiger partial charge in [-0.2, -0.15) is 0 Å². The maximum absolute atomic E-state index is 12.1. The Bertz CT molecular complexity index is 646. The molecule has 1 aliphatic heterocycles. The van der Waals surface area contributed by atoms with Gasteiger partial charge in [-0.15, -0.1) is 0 Å². The van der Waals surface area contributed by atoms with Gasteiger partial charge in [-0.25, -0.2) is 13.4 Å². The smallest absolute Gasteiger partial charge is 0.227 e. The van der Waals surface area contributed by atoms with Gasteiger partial charge >= 0.3 is 0 Å². The highest BCUT2D eigenvalue weighted by Gasteiger charge is 2.27. The Morgan fingerprint density at radius 2 is 2.17 bits per heavy atom. The molecule has 1 saturated carbocycles. The number of ether oxygens (including phenoxy) is 1. The average molecular weight is 356 g/mol. The molecule has 0 amide bonds. The van der Waals surface area contributed by atoms with Crippen molar-refractivity contribution in [2.24, 2.45) is 5.92 Å². The van der Waals surface area contributed by atoms with Crippen molar-refractivity contribution in [3.05, 3.63) is 11.9 Å². The van der Waals surface area contributed by atoms with Crippen molar-refractivity contribution in [1.82, 2.24) is 14.5 Å². The molecule has 7 heteroatoms. The summed E-state index contributed by atoms with van der Waals surface area (Å²) in [6, 6.07) is 0. The van der Waals surface area contributed by atoms with Crippen LogP contribution in [0, 0.1) is 5.92 Å². The summed E-state index contributed by atoms with van der Waals surface area (Å²) >= 11 is 0. The van der Waals surface area contributed by atoms with Crippen LogP contribution in [0.25, 0.3) is 0 Å². The molecule has 3 rings (SSSR count). The highest BCUT2D eigenvalue weighted by atomic mass is 32.2. The van der Waals surface area contributed by atoms with Crippen molar-refractivity contribution in [3.8, 4) is 0 Å². The van der Waals surface area contributed by atoms with Crippen molar-refractivity contribution < 1.29 is 13.2 Å². The molecule has 1 saturated heterocycles. The first-order chi connectivity index (χ1) is 11.5. The van der Waals surface area contributed by atoms with Crippen LogP contribution in [-0.4, -0.2) is 54.9 Å². The maximum atomic E-state index is 12.1. The van der Waals surface area contributed by atoms with Crippen LogP contribution in [0.1, 0.15) is 44.7 Å². The largest absolute Gasteiger partial charge is 0.376 e. The lowest BCUT2D eigenvalue weighted by Crippen LogP contribution is -2.29. The second-order valence-corrected chi connectivity index (χ2v) is 9.14. The fourth-order valence-electron chi connectivity index (χ4n) is 3.45. The quantitative estimate of drug-likeness (QED) is 0.679. The second-order valence-electron chi connectivity index (χ2n) is 7.23. The van der Waals surface area contributed by atoms with E-state index in [1.807, 2.05) is 4.57 Å². The Morgan fingerprint density at radius 1 is 1.38 bits per heavy atom. The molecule has 0 N–H and O–H groups in total. The van der Waals surface area contributed by atoms with Crippen molar-refractivity contribution in [3.63, 3.8) is 0 Å². The summed E-state index contributed by atoms with van der Waals surface area (Å²) < 4.78 is 31.8. The summed E-state index contributed by atoms with van der Waals surface area (Å²) in [6.07, 6.45) is 8.86. The molecule has 1 aromatic rings. The molecule has 1 aromatic heterocycles. The molecular weight excluding hydrogens is 326 g/mol. The Balaban J connectivity index is 1.80. The topological polar surface area (TPSA) is 64.4 Å². The zero-order chi connectivity index (χ0) is 17.2. The van der Waals surface area contributed by atoms with Crippen molar-refractivity contribution in [2.45, 2.75) is 63.4 Å². The van der Waals surface area contributed by atoms with E-state index in [0.717, 1.165) is 57.1 Å². The Kier molecular flexibility index (Phi) is 5.62. The summed E-state index contributed by atoms with van der Waals surface area (Å²) in [5.41, 5.74) is 0.986. The Morgan fingerprint density at radius 3 is 2.75 bits per heavy atom. The highest BCUT2D eigenvalue weighted by molar-refractivity contribution is 7.90. The molecule has 0 unspecified atom stereocenters. The van der Waals surface area contributed by atoms with Gasteiger partial charge in [-0.1, -0.05) is 6.92 Å². The number of hydrogen-bond donors (Lipinski definition) is 0. The predicted octanol–water partition coefficient (Wildman–Crippen LogP) is 2.09. The van der Waals surface area contributed by atoms with E-state index in [2.05, 4.69) is 16.8 Å². The summed E-state index contributed by atoms with van der Waals surface area (Å²) in [7, 11) is -3.34. The third-order valence-electron chi connectivity index (χ3n) is 4.78. The van der Waals surface area contributed by atoms with Crippen LogP contribution in [0.2, 0.25) is 0 Å². The minimum Gasteiger partial charge on any atom is -0.376 e. The van der Waals surface area contributed by atoms with Gasteiger partial charge < -0.3 is 9.30 Å². The van der Waals surface area contributed by atoms with Crippen LogP contribution in [0.5, 0.6) is 0 Å². The maximum Gasteiger partial charge on any atom is 0.227 e. The van der Waals surface area contributed by atoms with Gasteiger partial charge in [0.1, 0.15) is 0 Å². The van der Waals surface area contributed by atoms with E-state index >= 15 is 0 Å². The molecule has 136 valence electrons. The third-order valence-corrected chi connectivity index (χ3v) is 5.77. The summed E-state index contributed by atoms with van der Waals surface area (Å²) in [5.74, 6) is 0.820. The van der Waals surface area contributed by atoms with Crippen LogP contribution < -0.4 is 0 Å². The second kappa shape index (κ2) is 7.54. The minimum absolute atomic E-state index is 0.0986. The lowest BCUT2D eigenvalue weighted by atomic mass is 10.2. The number of rotatable bonds is 9. The Hall–Kier alpha value is -0.920. The zero-order valence-electron chi connectivity index (χ0n) is 14.8. The Labute approximate surface area is 145 Å². The fraction of sp³-hybridized carbons (Fsp3) is 0.824. The molecule has 2 heterocycles. The number of sulfone groups is 1. The van der Waals surface area contributed by atoms with Gasteiger partial charge in [0, 0.05) is 26.0 Å². The highest BCUT2D eigenvalue weighted by Crippen LogP contribution is 2.30. The van der Waals surface area contributed by atoms with Gasteiger partial charge in [0.2, 0.25) is 15.0 Å². The lowest BCUT2D eigenvalue weighted by molar-refractivity contribution is 0.0932. The summed E-state index contributed by atoms with van der Waals surface area (Å²) in [6.45, 7) is 6.45. The van der Waals surface area contributed by atoms with Gasteiger partial charge in [-0.05, 0) is 44.6 Å². The first-order valence-electron chi connectivity index (χ1n) is 9.05. The number of nitrogens with zero attached hydrogens (tertiary/aromatic N) is 3. The summed E-state index contributed by atoms with van der Waals surface area (Å²) in [4.78, 5) is 6.67. The summed E-state index contributed by atoms with van der Waals surface area (Å²) in [5, 5.41) is 0.177. The molecule has 0 aromatic carbocycles. The number of aromatic nitrogens is 2. The van der Waals surface area contributed by atoms with E-state index in [1.54, 1.807) is 6.20 Å². The van der Waals surface area contributed by atoms with Crippen molar-refractivity contribution >= 4 is 9.84 Å². The van der Waals surface area contributed by atoms with E-state index in [4.69, 9.17) is 4.74 Å². The molecule has 0 bridgehead atoms. The zero-order valence-corrected chi connectivity index (χ0v) is 15.6. The molecular formula is C17H29N3O3S. The van der Waals surface area contributed by atoms with Crippen LogP contribution in [-0.2, 0) is 27.7 Å². The first kappa shape index (κ1) is 17.9. The van der Waals surface area contributed by atoms with Crippen LogP contribution >= 0.6 is 0 Å². The van der Waals surface area contributed by atoms with Crippen LogP contribution in [0.3, 0.4) is 0 Å². The van der Waals surface area contributed by atoms with E-state index < -0.39 is 9.84 Å². The fourth-order valence-corrected chi connectivity index (χ4v) is 4.28. The van der Waals surface area contributed by atoms with E-state index in [0.29, 0.717) is 6.54 Å². The number of imidazole rings is 1. The van der Waals surface area contributed by atoms with Crippen molar-refractivity contribution in [1.29, 1.82) is 0 Å². The minimum atomic E-state index is -3.34. The molecule has 24 heavy (non-hydrogen) atoms. The monoisotopic (exact) mass is 355 g/mol. The predicted molar refractivity (Wildman–Crippen MR) is 92.6 cm³/mol. The SMILES string of the molecule is CCCN(Cc1cnc(S(C)(=O)=O)n1C[C@H]1CCCO1)CC1CC1. The van der Waals surface area contributed by atoms with Gasteiger partial charge in [0.15, 0.2) is 0 Å². The standard InChI is InChI=1S/C17H29N3O3S/c1-3-8-19(11-14-6-7-14)12-15-10-18-17(24(2,21)22)20(15)13-16-5-4-9-23-16/h10,14,16H,3-9,11-13H2,1-2H3/t16-/m1/s1.